The molecule has 5 nitrogen and oxygen atoms in total. The Labute approximate surface area is 152 Å². The van der Waals surface area contributed by atoms with Crippen LogP contribution in [0.1, 0.15) is 6.92 Å². The quantitative estimate of drug-likeness (QED) is 0.453. The molecule has 3 aromatic heterocycles. The fourth-order valence-electron chi connectivity index (χ4n) is 4.34. The summed E-state index contributed by atoms with van der Waals surface area (Å²) in [5.41, 5.74) is 2.44. The van der Waals surface area contributed by atoms with Crippen molar-refractivity contribution in [1.29, 1.82) is 0 Å². The predicted molar refractivity (Wildman–Crippen MR) is 108 cm³/mol. The molecule has 0 N–H and O–H groups in total. The Bertz CT molecular complexity index is 1650. The summed E-state index contributed by atoms with van der Waals surface area (Å²) in [5.74, 6) is 0. The third kappa shape index (κ3) is 1.60. The van der Waals surface area contributed by atoms with Crippen LogP contribution in [0, 0.1) is 0 Å². The zero-order valence-corrected chi connectivity index (χ0v) is 14.5. The standard InChI is InChI=1S/C22H13N3O2/c1-2-25-21(26)17-15-11-7-3-5-9-13(11)23-19(15)16-12-8-4-6-10-14(12)24-20(16)18(17)22(25)27/h3-10H,2H2,1H3. The van der Waals surface area contributed by atoms with E-state index in [1.807, 2.05) is 55.5 Å². The molecular formula is C22H13N3O2. The van der Waals surface area contributed by atoms with Gasteiger partial charge in [-0.15, -0.1) is 0 Å². The third-order valence-corrected chi connectivity index (χ3v) is 5.49. The van der Waals surface area contributed by atoms with E-state index in [1.165, 1.54) is 4.57 Å². The molecule has 0 saturated carbocycles. The highest BCUT2D eigenvalue weighted by Crippen LogP contribution is 2.39. The van der Waals surface area contributed by atoms with Crippen molar-refractivity contribution in [2.75, 3.05) is 0 Å². The molecule has 0 amide bonds. The fourth-order valence-corrected chi connectivity index (χ4v) is 4.34. The molecule has 6 rings (SSSR count). The number of nitrogens with zero attached hydrogens (tertiary/aromatic N) is 3. The first-order valence-electron chi connectivity index (χ1n) is 8.93. The molecule has 0 saturated heterocycles. The van der Waals surface area contributed by atoms with Crippen molar-refractivity contribution in [3.8, 4) is 0 Å². The Morgan fingerprint density at radius 2 is 1.22 bits per heavy atom. The second-order valence-corrected chi connectivity index (χ2v) is 6.81. The summed E-state index contributed by atoms with van der Waals surface area (Å²) < 4.78 is 1.30. The summed E-state index contributed by atoms with van der Waals surface area (Å²) in [7, 11) is 0. The van der Waals surface area contributed by atoms with Gasteiger partial charge in [-0.3, -0.25) is 14.2 Å². The smallest absolute Gasteiger partial charge is 0.263 e. The van der Waals surface area contributed by atoms with E-state index < -0.39 is 0 Å². The summed E-state index contributed by atoms with van der Waals surface area (Å²) in [6.45, 7) is 2.15. The van der Waals surface area contributed by atoms with Crippen LogP contribution in [0.4, 0.5) is 0 Å². The summed E-state index contributed by atoms with van der Waals surface area (Å²) >= 11 is 0. The minimum Gasteiger partial charge on any atom is -0.275 e. The molecular weight excluding hydrogens is 338 g/mol. The maximum absolute atomic E-state index is 13.1. The molecule has 0 fully saturated rings. The number of fused-ring (bicyclic) bond motifs is 10. The Balaban J connectivity index is 2.12. The van der Waals surface area contributed by atoms with Gasteiger partial charge < -0.3 is 0 Å². The van der Waals surface area contributed by atoms with Crippen LogP contribution in [-0.2, 0) is 6.54 Å². The summed E-state index contributed by atoms with van der Waals surface area (Å²) in [6, 6.07) is 15.6. The second kappa shape index (κ2) is 4.76. The van der Waals surface area contributed by atoms with Gasteiger partial charge in [-0.2, -0.15) is 0 Å². The molecule has 0 bridgehead atoms. The van der Waals surface area contributed by atoms with Crippen molar-refractivity contribution < 1.29 is 0 Å². The molecule has 0 aliphatic heterocycles. The van der Waals surface area contributed by atoms with Gasteiger partial charge in [-0.1, -0.05) is 36.4 Å². The average Bonchev–Trinajstić information content (AvgIpc) is 3.31. The maximum atomic E-state index is 13.1. The largest absolute Gasteiger partial charge is 0.275 e. The lowest BCUT2D eigenvalue weighted by Gasteiger charge is -1.97. The van der Waals surface area contributed by atoms with Crippen LogP contribution in [0.5, 0.6) is 0 Å². The first kappa shape index (κ1) is 14.6. The average molecular weight is 351 g/mol. The number of hydrogen-bond donors (Lipinski definition) is 0. The van der Waals surface area contributed by atoms with E-state index in [9.17, 15) is 9.59 Å². The van der Waals surface area contributed by atoms with Crippen molar-refractivity contribution in [3.05, 3.63) is 69.2 Å². The minimum absolute atomic E-state index is 0.255. The summed E-state index contributed by atoms with van der Waals surface area (Å²) in [6.07, 6.45) is 0. The molecule has 0 radical (unpaired) electrons. The van der Waals surface area contributed by atoms with Crippen LogP contribution in [0.3, 0.4) is 0 Å². The third-order valence-electron chi connectivity index (χ3n) is 5.49. The van der Waals surface area contributed by atoms with E-state index >= 15 is 0 Å². The Kier molecular flexibility index (Phi) is 2.57. The van der Waals surface area contributed by atoms with Crippen LogP contribution >= 0.6 is 0 Å². The zero-order chi connectivity index (χ0) is 18.3. The van der Waals surface area contributed by atoms with E-state index in [0.717, 1.165) is 38.1 Å². The number of para-hydroxylation sites is 2. The van der Waals surface area contributed by atoms with Crippen molar-refractivity contribution in [1.82, 2.24) is 14.5 Å². The Morgan fingerprint density at radius 1 is 0.704 bits per heavy atom. The van der Waals surface area contributed by atoms with Crippen LogP contribution < -0.4 is 11.1 Å². The van der Waals surface area contributed by atoms with Gasteiger partial charge >= 0.3 is 0 Å². The van der Waals surface area contributed by atoms with Gasteiger partial charge in [0.25, 0.3) is 11.1 Å². The highest BCUT2D eigenvalue weighted by Gasteiger charge is 2.25. The van der Waals surface area contributed by atoms with Crippen molar-refractivity contribution in [2.24, 2.45) is 0 Å². The Hall–Kier alpha value is -3.60. The van der Waals surface area contributed by atoms with Crippen molar-refractivity contribution in [2.45, 2.75) is 13.5 Å². The number of aromatic nitrogens is 3. The number of benzene rings is 3. The van der Waals surface area contributed by atoms with Crippen LogP contribution in [0.2, 0.25) is 0 Å². The molecule has 0 spiro atoms. The van der Waals surface area contributed by atoms with Gasteiger partial charge in [0.2, 0.25) is 0 Å². The minimum atomic E-state index is -0.266. The first-order chi connectivity index (χ1) is 13.2. The van der Waals surface area contributed by atoms with Crippen LogP contribution in [0.15, 0.2) is 58.1 Å². The Morgan fingerprint density at radius 3 is 1.85 bits per heavy atom. The van der Waals surface area contributed by atoms with Gasteiger partial charge in [0, 0.05) is 28.1 Å². The molecule has 27 heavy (non-hydrogen) atoms. The van der Waals surface area contributed by atoms with E-state index in [-0.39, 0.29) is 11.1 Å². The van der Waals surface area contributed by atoms with E-state index in [4.69, 9.17) is 9.97 Å². The molecule has 3 heterocycles. The molecule has 0 aliphatic rings. The van der Waals surface area contributed by atoms with Gasteiger partial charge in [-0.05, 0) is 19.1 Å². The highest BCUT2D eigenvalue weighted by molar-refractivity contribution is 6.35. The normalized spacial score (nSPS) is 12.3. The molecule has 5 heteroatoms. The molecule has 3 aromatic carbocycles. The summed E-state index contributed by atoms with van der Waals surface area (Å²) in [5, 5.41) is 4.34. The lowest BCUT2D eigenvalue weighted by molar-refractivity contribution is 0.722. The first-order valence-corrected chi connectivity index (χ1v) is 8.93. The van der Waals surface area contributed by atoms with Crippen molar-refractivity contribution >= 4 is 54.4 Å². The van der Waals surface area contributed by atoms with E-state index in [1.54, 1.807) is 0 Å². The maximum Gasteiger partial charge on any atom is 0.263 e. The fraction of sp³-hybridized carbons (Fsp3) is 0.0909. The van der Waals surface area contributed by atoms with Gasteiger partial charge in [0.1, 0.15) is 0 Å². The van der Waals surface area contributed by atoms with E-state index in [2.05, 4.69) is 0 Å². The van der Waals surface area contributed by atoms with Crippen molar-refractivity contribution in [3.63, 3.8) is 0 Å². The highest BCUT2D eigenvalue weighted by atomic mass is 16.2. The van der Waals surface area contributed by atoms with E-state index in [0.29, 0.717) is 22.8 Å². The molecule has 0 unspecified atom stereocenters. The second-order valence-electron chi connectivity index (χ2n) is 6.81. The van der Waals surface area contributed by atoms with Crippen LogP contribution in [-0.4, -0.2) is 14.5 Å². The molecule has 0 aliphatic carbocycles. The zero-order valence-electron chi connectivity index (χ0n) is 14.5. The summed E-state index contributed by atoms with van der Waals surface area (Å²) in [4.78, 5) is 35.7. The molecule has 6 aromatic rings. The predicted octanol–water partition coefficient (Wildman–Crippen LogP) is 3.66. The lowest BCUT2D eigenvalue weighted by Crippen LogP contribution is -2.24. The SMILES string of the molecule is CCn1c(=O)c2c3nc4ccccc4c3c3nc4ccccc4c3c2c1=O. The van der Waals surface area contributed by atoms with Gasteiger partial charge in [-0.25, -0.2) is 9.97 Å². The number of rotatable bonds is 1. The lowest BCUT2D eigenvalue weighted by atomic mass is 10.0. The monoisotopic (exact) mass is 351 g/mol. The van der Waals surface area contributed by atoms with Gasteiger partial charge in [0.15, 0.2) is 0 Å². The molecule has 128 valence electrons. The topological polar surface area (TPSA) is 64.8 Å². The van der Waals surface area contributed by atoms with Crippen LogP contribution in [0.25, 0.3) is 54.4 Å². The number of hydrogen-bond acceptors (Lipinski definition) is 4. The van der Waals surface area contributed by atoms with Gasteiger partial charge in [0.05, 0.1) is 32.8 Å². The molecule has 0 atom stereocenters.